The van der Waals surface area contributed by atoms with E-state index >= 15 is 0 Å². The SMILES string of the molecule is CC(C)C(NC(=O)OC(C)(C)C)C(=O)CCNc1ccnc(-c2cc(-c3c(Cl)cccc3Cl)no2)c1. The Morgan fingerprint density at radius 2 is 1.78 bits per heavy atom. The van der Waals surface area contributed by atoms with E-state index in [0.29, 0.717) is 39.3 Å². The number of ketones is 1. The predicted molar refractivity (Wildman–Crippen MR) is 141 cm³/mol. The molecule has 3 aromatic rings. The summed E-state index contributed by atoms with van der Waals surface area (Å²) in [7, 11) is 0. The molecule has 2 aromatic heterocycles. The molecule has 1 unspecified atom stereocenters. The monoisotopic (exact) mass is 532 g/mol. The summed E-state index contributed by atoms with van der Waals surface area (Å²) in [6, 6.07) is 9.88. The van der Waals surface area contributed by atoms with E-state index in [1.165, 1.54) is 0 Å². The van der Waals surface area contributed by atoms with Crippen LogP contribution in [0.1, 0.15) is 41.0 Å². The summed E-state index contributed by atoms with van der Waals surface area (Å²) in [5, 5.41) is 10.9. The van der Waals surface area contributed by atoms with Gasteiger partial charge in [-0.1, -0.05) is 48.3 Å². The number of halogens is 2. The van der Waals surface area contributed by atoms with Gasteiger partial charge in [-0.2, -0.15) is 0 Å². The molecule has 0 bridgehead atoms. The van der Waals surface area contributed by atoms with Crippen LogP contribution in [0.4, 0.5) is 10.5 Å². The van der Waals surface area contributed by atoms with Crippen LogP contribution in [0.2, 0.25) is 10.0 Å². The first-order valence-corrected chi connectivity index (χ1v) is 12.3. The lowest BCUT2D eigenvalue weighted by molar-refractivity contribution is -0.121. The fourth-order valence-electron chi connectivity index (χ4n) is 3.47. The first kappa shape index (κ1) is 27.5. The standard InChI is InChI=1S/C26H30Cl2N4O4/c1-15(2)24(31-25(34)35-26(3,4)5)21(33)10-12-29-16-9-11-30-19(13-16)22-14-20(32-36-22)23-17(27)7-6-8-18(23)28/h6-9,11,13-15,24H,10,12H2,1-5H3,(H,29,30)(H,31,34). The normalized spacial score (nSPS) is 12.3. The van der Waals surface area contributed by atoms with Crippen molar-refractivity contribution in [3.63, 3.8) is 0 Å². The van der Waals surface area contributed by atoms with Gasteiger partial charge in [-0.15, -0.1) is 0 Å². The lowest BCUT2D eigenvalue weighted by Gasteiger charge is -2.25. The van der Waals surface area contributed by atoms with Crippen LogP contribution in [-0.2, 0) is 9.53 Å². The number of aromatic nitrogens is 2. The Morgan fingerprint density at radius 3 is 2.42 bits per heavy atom. The minimum absolute atomic E-state index is 0.0789. The van der Waals surface area contributed by atoms with Gasteiger partial charge in [0, 0.05) is 36.5 Å². The number of carbonyl (C=O) groups excluding carboxylic acids is 2. The van der Waals surface area contributed by atoms with E-state index in [-0.39, 0.29) is 18.1 Å². The molecule has 0 spiro atoms. The molecule has 1 aromatic carbocycles. The van der Waals surface area contributed by atoms with E-state index in [4.69, 9.17) is 32.5 Å². The number of hydrogen-bond acceptors (Lipinski definition) is 7. The van der Waals surface area contributed by atoms with Gasteiger partial charge >= 0.3 is 6.09 Å². The minimum Gasteiger partial charge on any atom is -0.444 e. The quantitative estimate of drug-likeness (QED) is 0.318. The first-order valence-electron chi connectivity index (χ1n) is 11.6. The van der Waals surface area contributed by atoms with Crippen molar-refractivity contribution in [3.05, 3.63) is 52.6 Å². The molecular formula is C26H30Cl2N4O4. The molecule has 0 saturated heterocycles. The van der Waals surface area contributed by atoms with Gasteiger partial charge in [-0.25, -0.2) is 4.79 Å². The molecule has 192 valence electrons. The van der Waals surface area contributed by atoms with Crippen molar-refractivity contribution in [3.8, 4) is 22.7 Å². The number of rotatable bonds is 9. The van der Waals surface area contributed by atoms with E-state index in [1.54, 1.807) is 63.4 Å². The number of alkyl carbamates (subject to hydrolysis) is 1. The van der Waals surface area contributed by atoms with Crippen LogP contribution >= 0.6 is 23.2 Å². The summed E-state index contributed by atoms with van der Waals surface area (Å²) in [6.07, 6.45) is 1.24. The number of benzene rings is 1. The van der Waals surface area contributed by atoms with Gasteiger partial charge in [0.25, 0.3) is 0 Å². The van der Waals surface area contributed by atoms with Gasteiger partial charge < -0.3 is 19.9 Å². The zero-order valence-corrected chi connectivity index (χ0v) is 22.4. The van der Waals surface area contributed by atoms with Gasteiger partial charge in [-0.3, -0.25) is 9.78 Å². The molecule has 3 rings (SSSR count). The largest absolute Gasteiger partial charge is 0.444 e. The van der Waals surface area contributed by atoms with Crippen molar-refractivity contribution in [2.45, 2.75) is 52.7 Å². The summed E-state index contributed by atoms with van der Waals surface area (Å²) >= 11 is 12.6. The number of anilines is 1. The van der Waals surface area contributed by atoms with E-state index < -0.39 is 17.7 Å². The van der Waals surface area contributed by atoms with Crippen LogP contribution in [0.15, 0.2) is 47.1 Å². The molecule has 0 fully saturated rings. The summed E-state index contributed by atoms with van der Waals surface area (Å²) < 4.78 is 10.8. The summed E-state index contributed by atoms with van der Waals surface area (Å²) in [6.45, 7) is 9.46. The third-order valence-electron chi connectivity index (χ3n) is 5.13. The Kier molecular flexibility index (Phi) is 8.98. The van der Waals surface area contributed by atoms with Crippen molar-refractivity contribution in [2.24, 2.45) is 5.92 Å². The molecule has 0 aliphatic carbocycles. The van der Waals surface area contributed by atoms with Crippen molar-refractivity contribution in [1.29, 1.82) is 0 Å². The fourth-order valence-corrected chi connectivity index (χ4v) is 4.06. The zero-order valence-electron chi connectivity index (χ0n) is 20.9. The Morgan fingerprint density at radius 1 is 1.08 bits per heavy atom. The average Bonchev–Trinajstić information content (AvgIpc) is 3.26. The predicted octanol–water partition coefficient (Wildman–Crippen LogP) is 6.63. The minimum atomic E-state index is -0.640. The lowest BCUT2D eigenvalue weighted by Crippen LogP contribution is -2.46. The highest BCUT2D eigenvalue weighted by Gasteiger charge is 2.26. The highest BCUT2D eigenvalue weighted by atomic mass is 35.5. The van der Waals surface area contributed by atoms with Crippen molar-refractivity contribution in [1.82, 2.24) is 15.5 Å². The second-order valence-corrected chi connectivity index (χ2v) is 10.4. The number of nitrogens with one attached hydrogen (secondary N) is 2. The Labute approximate surface area is 220 Å². The topological polar surface area (TPSA) is 106 Å². The van der Waals surface area contributed by atoms with Crippen molar-refractivity contribution >= 4 is 40.8 Å². The maximum atomic E-state index is 12.8. The van der Waals surface area contributed by atoms with Gasteiger partial charge in [-0.05, 0) is 51.0 Å². The van der Waals surface area contributed by atoms with E-state index in [1.807, 2.05) is 13.8 Å². The molecule has 1 atom stereocenters. The van der Waals surface area contributed by atoms with E-state index in [0.717, 1.165) is 5.69 Å². The molecule has 0 aliphatic heterocycles. The first-order chi connectivity index (χ1) is 16.9. The molecule has 2 N–H and O–H groups in total. The number of carbonyl (C=O) groups is 2. The number of Topliss-reactive ketones (excluding diaryl/α,β-unsaturated/α-hetero) is 1. The number of nitrogens with zero attached hydrogens (tertiary/aromatic N) is 2. The van der Waals surface area contributed by atoms with E-state index in [9.17, 15) is 9.59 Å². The van der Waals surface area contributed by atoms with Crippen LogP contribution in [0.5, 0.6) is 0 Å². The summed E-state index contributed by atoms with van der Waals surface area (Å²) in [5.41, 5.74) is 1.76. The number of hydrogen-bond donors (Lipinski definition) is 2. The second-order valence-electron chi connectivity index (χ2n) is 9.61. The van der Waals surface area contributed by atoms with Crippen molar-refractivity contribution in [2.75, 3.05) is 11.9 Å². The lowest BCUT2D eigenvalue weighted by atomic mass is 9.98. The molecule has 2 heterocycles. The van der Waals surface area contributed by atoms with Crippen molar-refractivity contribution < 1.29 is 18.8 Å². The number of pyridine rings is 1. The molecule has 0 saturated carbocycles. The van der Waals surface area contributed by atoms with E-state index in [2.05, 4.69) is 20.8 Å². The highest BCUT2D eigenvalue weighted by Crippen LogP contribution is 2.35. The number of ether oxygens (including phenoxy) is 1. The molecule has 0 aliphatic rings. The Hall–Kier alpha value is -3.10. The summed E-state index contributed by atoms with van der Waals surface area (Å²) in [4.78, 5) is 29.3. The van der Waals surface area contributed by atoms with Gasteiger partial charge in [0.05, 0.1) is 16.1 Å². The van der Waals surface area contributed by atoms with Gasteiger partial charge in [0.15, 0.2) is 11.5 Å². The maximum Gasteiger partial charge on any atom is 0.408 e. The Bertz CT molecular complexity index is 1200. The molecular weight excluding hydrogens is 503 g/mol. The van der Waals surface area contributed by atoms with Crippen LogP contribution in [0.25, 0.3) is 22.7 Å². The maximum absolute atomic E-state index is 12.8. The number of amides is 1. The smallest absolute Gasteiger partial charge is 0.408 e. The second kappa shape index (κ2) is 11.8. The Balaban J connectivity index is 1.62. The van der Waals surface area contributed by atoms with Crippen LogP contribution < -0.4 is 10.6 Å². The molecule has 8 nitrogen and oxygen atoms in total. The molecule has 36 heavy (non-hydrogen) atoms. The average molecular weight is 533 g/mol. The van der Waals surface area contributed by atoms with Crippen LogP contribution in [-0.4, -0.2) is 40.2 Å². The summed E-state index contributed by atoms with van der Waals surface area (Å²) in [5.74, 6) is 0.279. The molecule has 1 amide bonds. The highest BCUT2D eigenvalue weighted by molar-refractivity contribution is 6.39. The van der Waals surface area contributed by atoms with Crippen LogP contribution in [0.3, 0.4) is 0 Å². The molecule has 0 radical (unpaired) electrons. The zero-order chi connectivity index (χ0) is 26.5. The fraction of sp³-hybridized carbons (Fsp3) is 0.385. The van der Waals surface area contributed by atoms with Crippen LogP contribution in [0, 0.1) is 5.92 Å². The third-order valence-corrected chi connectivity index (χ3v) is 5.76. The van der Waals surface area contributed by atoms with Gasteiger partial charge in [0.1, 0.15) is 17.0 Å². The van der Waals surface area contributed by atoms with Gasteiger partial charge in [0.2, 0.25) is 0 Å². The molecule has 10 heteroatoms. The third kappa shape index (κ3) is 7.45.